The Balaban J connectivity index is 1.62. The maximum atomic E-state index is 13.2. The van der Waals surface area contributed by atoms with E-state index in [1.165, 1.54) is 6.92 Å². The summed E-state index contributed by atoms with van der Waals surface area (Å²) in [5.41, 5.74) is -0.0954. The van der Waals surface area contributed by atoms with Crippen LogP contribution in [0.3, 0.4) is 0 Å². The molecule has 0 aromatic rings. The van der Waals surface area contributed by atoms with Crippen LogP contribution >= 0.6 is 11.8 Å². The second-order valence-electron chi connectivity index (χ2n) is 13.6. The fourth-order valence-electron chi connectivity index (χ4n) is 10.2. The van der Waals surface area contributed by atoms with Gasteiger partial charge in [0.1, 0.15) is 18.3 Å². The van der Waals surface area contributed by atoms with Gasteiger partial charge in [0.2, 0.25) is 0 Å². The van der Waals surface area contributed by atoms with Crippen molar-refractivity contribution in [3.63, 3.8) is 0 Å². The largest absolute Gasteiger partial charge is 0.463 e. The summed E-state index contributed by atoms with van der Waals surface area (Å²) < 4.78 is 18.5. The van der Waals surface area contributed by atoms with Crippen molar-refractivity contribution in [1.82, 2.24) is 0 Å². The van der Waals surface area contributed by atoms with Gasteiger partial charge in [-0.15, -0.1) is 0 Å². The SMILES string of the molecule is CCCS[C@@H]1[C@H]2[C@@H]([C@H](OC(C)=O)C[C@@H]3C[C@H](OC(C)=O)CC[C@@]32C)[C@@H]2CC[C@@H]3[C@H](C)CCC(=O)O[C@@H]1[C@]32C. The smallest absolute Gasteiger partial charge is 0.306 e. The van der Waals surface area contributed by atoms with Gasteiger partial charge in [0, 0.05) is 36.9 Å². The Bertz CT molecular complexity index is 937. The Morgan fingerprint density at radius 2 is 1.74 bits per heavy atom. The zero-order chi connectivity index (χ0) is 27.4. The molecule has 6 nitrogen and oxygen atoms in total. The van der Waals surface area contributed by atoms with Crippen LogP contribution in [-0.4, -0.2) is 47.2 Å². The number of carbonyl (C=O) groups is 3. The lowest BCUT2D eigenvalue weighted by molar-refractivity contribution is -0.224. The van der Waals surface area contributed by atoms with Crippen molar-refractivity contribution in [3.8, 4) is 0 Å². The maximum absolute atomic E-state index is 13.2. The highest BCUT2D eigenvalue weighted by molar-refractivity contribution is 7.99. The number of esters is 3. The fraction of sp³-hybridized carbons (Fsp3) is 0.903. The standard InChI is InChI=1S/C31H48O6S/c1-7-14-38-28-27-26(23-10-9-22-17(2)8-11-25(34)37-29(28)31(22,23)6)24(36-19(4)33)16-20-15-21(35-18(3)32)12-13-30(20,27)5/h17,20-24,26-29H,7-16H2,1-6H3/t17-,20+,21-,22-,23+,24-,26-,27-,28-,29+,30+,31-/m1/s1. The van der Waals surface area contributed by atoms with Gasteiger partial charge in [0.05, 0.1) is 0 Å². The molecule has 0 radical (unpaired) electrons. The Labute approximate surface area is 233 Å². The molecular formula is C31H48O6S. The number of fused-ring (bicyclic) bond motifs is 4. The lowest BCUT2D eigenvalue weighted by atomic mass is 9.42. The maximum Gasteiger partial charge on any atom is 0.306 e. The van der Waals surface area contributed by atoms with Crippen LogP contribution in [0, 0.1) is 46.3 Å². The molecule has 5 aliphatic rings. The van der Waals surface area contributed by atoms with Crippen LogP contribution < -0.4 is 0 Å². The van der Waals surface area contributed by atoms with Gasteiger partial charge in [-0.2, -0.15) is 11.8 Å². The molecule has 0 N–H and O–H groups in total. The molecule has 0 bridgehead atoms. The first-order valence-electron chi connectivity index (χ1n) is 15.2. The average Bonchev–Trinajstić information content (AvgIpc) is 3.19. The fourth-order valence-corrected chi connectivity index (χ4v) is 11.9. The molecule has 0 aromatic carbocycles. The zero-order valence-electron chi connectivity index (χ0n) is 24.2. The second kappa shape index (κ2) is 10.6. The normalized spacial score (nSPS) is 47.9. The molecule has 214 valence electrons. The van der Waals surface area contributed by atoms with E-state index in [-0.39, 0.29) is 64.1 Å². The van der Waals surface area contributed by atoms with Crippen LogP contribution in [0.15, 0.2) is 0 Å². The summed E-state index contributed by atoms with van der Waals surface area (Å²) in [5, 5.41) is 0.173. The zero-order valence-corrected chi connectivity index (χ0v) is 25.0. The van der Waals surface area contributed by atoms with Crippen LogP contribution in [0.1, 0.15) is 99.3 Å². The topological polar surface area (TPSA) is 78.9 Å². The molecule has 0 unspecified atom stereocenters. The number of thioether (sulfide) groups is 1. The summed E-state index contributed by atoms with van der Waals surface area (Å²) in [6, 6.07) is 0. The Kier molecular flexibility index (Phi) is 7.91. The van der Waals surface area contributed by atoms with Crippen molar-refractivity contribution in [2.75, 3.05) is 5.75 Å². The molecule has 0 spiro atoms. The first kappa shape index (κ1) is 28.3. The highest BCUT2D eigenvalue weighted by Gasteiger charge is 2.71. The van der Waals surface area contributed by atoms with Gasteiger partial charge in [-0.3, -0.25) is 14.4 Å². The van der Waals surface area contributed by atoms with E-state index in [1.807, 2.05) is 11.8 Å². The van der Waals surface area contributed by atoms with E-state index < -0.39 is 0 Å². The van der Waals surface area contributed by atoms with Crippen molar-refractivity contribution in [2.24, 2.45) is 46.3 Å². The van der Waals surface area contributed by atoms with Crippen LogP contribution in [0.4, 0.5) is 0 Å². The highest BCUT2D eigenvalue weighted by atomic mass is 32.2. The van der Waals surface area contributed by atoms with Crippen LogP contribution in [0.5, 0.6) is 0 Å². The Hall–Kier alpha value is -1.24. The molecule has 1 aliphatic heterocycles. The molecule has 5 rings (SSSR count). The van der Waals surface area contributed by atoms with Gasteiger partial charge in [0.25, 0.3) is 0 Å². The lowest BCUT2D eigenvalue weighted by Gasteiger charge is -2.66. The quantitative estimate of drug-likeness (QED) is 0.299. The summed E-state index contributed by atoms with van der Waals surface area (Å²) in [4.78, 5) is 37.5. The van der Waals surface area contributed by atoms with Gasteiger partial charge in [-0.25, -0.2) is 0 Å². The van der Waals surface area contributed by atoms with Gasteiger partial charge >= 0.3 is 17.9 Å². The van der Waals surface area contributed by atoms with E-state index in [0.29, 0.717) is 30.1 Å². The summed E-state index contributed by atoms with van der Waals surface area (Å²) in [5.74, 6) is 2.75. The van der Waals surface area contributed by atoms with Crippen molar-refractivity contribution in [3.05, 3.63) is 0 Å². The molecular weight excluding hydrogens is 500 g/mol. The monoisotopic (exact) mass is 548 g/mol. The second-order valence-corrected chi connectivity index (χ2v) is 14.9. The third kappa shape index (κ3) is 4.60. The van der Waals surface area contributed by atoms with Gasteiger partial charge in [0.15, 0.2) is 0 Å². The van der Waals surface area contributed by atoms with Gasteiger partial charge in [-0.1, -0.05) is 27.7 Å². The van der Waals surface area contributed by atoms with Gasteiger partial charge in [-0.05, 0) is 92.1 Å². The first-order valence-corrected chi connectivity index (χ1v) is 16.2. The summed E-state index contributed by atoms with van der Waals surface area (Å²) in [6.07, 6.45) is 7.90. The molecule has 38 heavy (non-hydrogen) atoms. The highest BCUT2D eigenvalue weighted by Crippen LogP contribution is 2.71. The summed E-state index contributed by atoms with van der Waals surface area (Å²) >= 11 is 2.00. The number of hydrogen-bond donors (Lipinski definition) is 0. The van der Waals surface area contributed by atoms with E-state index in [4.69, 9.17) is 14.2 Å². The number of hydrogen-bond acceptors (Lipinski definition) is 7. The minimum absolute atomic E-state index is 0.0170. The van der Waals surface area contributed by atoms with Crippen LogP contribution in [0.2, 0.25) is 0 Å². The average molecular weight is 549 g/mol. The Morgan fingerprint density at radius 1 is 1.03 bits per heavy atom. The van der Waals surface area contributed by atoms with E-state index in [9.17, 15) is 14.4 Å². The van der Waals surface area contributed by atoms with Crippen molar-refractivity contribution in [1.29, 1.82) is 0 Å². The molecule has 1 saturated heterocycles. The predicted octanol–water partition coefficient (Wildman–Crippen LogP) is 6.19. The summed E-state index contributed by atoms with van der Waals surface area (Å²) in [7, 11) is 0. The molecule has 1 heterocycles. The van der Waals surface area contributed by atoms with Crippen LogP contribution in [-0.2, 0) is 28.6 Å². The van der Waals surface area contributed by atoms with Crippen molar-refractivity contribution >= 4 is 29.7 Å². The molecule has 0 amide bonds. The van der Waals surface area contributed by atoms with Crippen LogP contribution in [0.25, 0.3) is 0 Å². The molecule has 4 aliphatic carbocycles. The number of ether oxygens (including phenoxy) is 3. The van der Waals surface area contributed by atoms with Crippen molar-refractivity contribution < 1.29 is 28.6 Å². The number of rotatable bonds is 5. The molecule has 5 fully saturated rings. The van der Waals surface area contributed by atoms with E-state index in [0.717, 1.165) is 57.1 Å². The van der Waals surface area contributed by atoms with E-state index >= 15 is 0 Å². The third-order valence-corrected chi connectivity index (χ3v) is 13.2. The molecule has 7 heteroatoms. The van der Waals surface area contributed by atoms with Gasteiger partial charge < -0.3 is 14.2 Å². The van der Waals surface area contributed by atoms with E-state index in [1.54, 1.807) is 6.92 Å². The molecule has 0 aromatic heterocycles. The first-order chi connectivity index (χ1) is 18.0. The summed E-state index contributed by atoms with van der Waals surface area (Å²) in [6.45, 7) is 12.5. The lowest BCUT2D eigenvalue weighted by Crippen LogP contribution is -2.68. The third-order valence-electron chi connectivity index (χ3n) is 11.6. The predicted molar refractivity (Wildman–Crippen MR) is 147 cm³/mol. The van der Waals surface area contributed by atoms with E-state index in [2.05, 4.69) is 27.7 Å². The molecule has 12 atom stereocenters. The molecule has 4 saturated carbocycles. The minimum atomic E-state index is -0.221. The van der Waals surface area contributed by atoms with Crippen molar-refractivity contribution in [2.45, 2.75) is 123 Å². The minimum Gasteiger partial charge on any atom is -0.463 e. The number of carbonyl (C=O) groups excluding carboxylic acids is 3. The Morgan fingerprint density at radius 3 is 2.42 bits per heavy atom.